The molecular weight excluding hydrogens is 379 g/mol. The number of benzene rings is 2. The molecule has 4 N–H and O–H groups in total. The zero-order valence-corrected chi connectivity index (χ0v) is 14.7. The van der Waals surface area contributed by atoms with E-state index in [0.29, 0.717) is 11.5 Å². The van der Waals surface area contributed by atoms with Crippen molar-refractivity contribution in [1.82, 2.24) is 25.7 Å². The molecule has 1 amide bonds. The number of rotatable bonds is 5. The molecule has 144 valence electrons. The van der Waals surface area contributed by atoms with Crippen LogP contribution < -0.4 is 21.5 Å². The first-order chi connectivity index (χ1) is 14.2. The molecule has 1 atom stereocenters. The van der Waals surface area contributed by atoms with Crippen molar-refractivity contribution >= 4 is 40.2 Å². The van der Waals surface area contributed by atoms with E-state index in [1.807, 2.05) is 24.3 Å². The number of hydrazine groups is 1. The third kappa shape index (κ3) is 3.19. The maximum Gasteiger partial charge on any atom is 0.247 e. The van der Waals surface area contributed by atoms with Crippen LogP contribution in [-0.2, 0) is 4.79 Å². The van der Waals surface area contributed by atoms with Gasteiger partial charge in [-0.05, 0) is 40.6 Å². The Morgan fingerprint density at radius 3 is 2.48 bits per heavy atom. The number of aromatic nitrogens is 4. The van der Waals surface area contributed by atoms with Crippen LogP contribution in [0.2, 0.25) is 0 Å². The number of fused-ring (bicyclic) bond motifs is 2. The molecule has 0 saturated carbocycles. The molecule has 0 radical (unpaired) electrons. The summed E-state index contributed by atoms with van der Waals surface area (Å²) in [4.78, 5) is 20.9. The van der Waals surface area contributed by atoms with Crippen LogP contribution >= 0.6 is 0 Å². The van der Waals surface area contributed by atoms with Crippen LogP contribution in [0.5, 0.6) is 0 Å². The topological polar surface area (TPSA) is 130 Å². The molecule has 4 aromatic rings. The van der Waals surface area contributed by atoms with Gasteiger partial charge in [-0.2, -0.15) is 4.98 Å². The van der Waals surface area contributed by atoms with E-state index in [1.54, 1.807) is 12.1 Å². The van der Waals surface area contributed by atoms with Crippen LogP contribution in [0.3, 0.4) is 0 Å². The van der Waals surface area contributed by atoms with E-state index < -0.39 is 6.04 Å². The first-order valence-corrected chi connectivity index (χ1v) is 8.61. The lowest BCUT2D eigenvalue weighted by Crippen LogP contribution is -2.32. The summed E-state index contributed by atoms with van der Waals surface area (Å²) in [6.45, 7) is 0. The fourth-order valence-corrected chi connectivity index (χ4v) is 2.97. The van der Waals surface area contributed by atoms with Gasteiger partial charge in [0.15, 0.2) is 11.6 Å². The minimum atomic E-state index is -0.627. The predicted octanol–water partition coefficient (Wildman–Crippen LogP) is 2.51. The summed E-state index contributed by atoms with van der Waals surface area (Å²) in [5.74, 6) is -0.0127. The standard InChI is InChI=1S/C18H13FN8O2/c19-9-5-7-10(8-6-9)20-14-15(23-17-16(22-14)26-29-27-17)25-24-13-11-3-1-2-4-12(11)21-18(13)28/h1-8,13,24H,(H,21,28)(H,20,22,26)(H,23,25,27). The largest absolute Gasteiger partial charge is 0.337 e. The number of carbonyl (C=O) groups excluding carboxylic acids is 1. The molecule has 0 aliphatic carbocycles. The third-order valence-electron chi connectivity index (χ3n) is 4.35. The van der Waals surface area contributed by atoms with Crippen molar-refractivity contribution < 1.29 is 13.8 Å². The Morgan fingerprint density at radius 1 is 0.966 bits per heavy atom. The molecule has 0 saturated heterocycles. The summed E-state index contributed by atoms with van der Waals surface area (Å²) in [6, 6.07) is 12.5. The normalized spacial score (nSPS) is 15.2. The molecule has 1 aliphatic rings. The average molecular weight is 392 g/mol. The molecule has 29 heavy (non-hydrogen) atoms. The summed E-state index contributed by atoms with van der Waals surface area (Å²) in [5.41, 5.74) is 8.38. The van der Waals surface area contributed by atoms with E-state index in [1.165, 1.54) is 12.1 Å². The van der Waals surface area contributed by atoms with Gasteiger partial charge in [0.2, 0.25) is 17.2 Å². The van der Waals surface area contributed by atoms with Crippen molar-refractivity contribution in [3.05, 3.63) is 59.9 Å². The van der Waals surface area contributed by atoms with Crippen LogP contribution in [0.15, 0.2) is 53.2 Å². The zero-order valence-electron chi connectivity index (χ0n) is 14.7. The Kier molecular flexibility index (Phi) is 3.99. The fraction of sp³-hybridized carbons (Fsp3) is 0.0556. The lowest BCUT2D eigenvalue weighted by molar-refractivity contribution is -0.117. The number of nitrogens with zero attached hydrogens (tertiary/aromatic N) is 4. The van der Waals surface area contributed by atoms with Gasteiger partial charge in [0.25, 0.3) is 0 Å². The first kappa shape index (κ1) is 17.0. The number of halogens is 1. The van der Waals surface area contributed by atoms with Gasteiger partial charge in [0.05, 0.1) is 0 Å². The molecule has 0 fully saturated rings. The molecule has 11 heteroatoms. The van der Waals surface area contributed by atoms with Gasteiger partial charge in [0.1, 0.15) is 11.9 Å². The van der Waals surface area contributed by atoms with Crippen molar-refractivity contribution in [1.29, 1.82) is 0 Å². The average Bonchev–Trinajstić information content (AvgIpc) is 3.30. The number of hydrogen-bond donors (Lipinski definition) is 4. The number of nitrogens with one attached hydrogen (secondary N) is 4. The summed E-state index contributed by atoms with van der Waals surface area (Å²) in [5, 5.41) is 13.2. The molecule has 0 spiro atoms. The van der Waals surface area contributed by atoms with Crippen LogP contribution in [0.1, 0.15) is 11.6 Å². The predicted molar refractivity (Wildman–Crippen MR) is 102 cm³/mol. The van der Waals surface area contributed by atoms with Crippen molar-refractivity contribution in [3.63, 3.8) is 0 Å². The zero-order chi connectivity index (χ0) is 19.8. The minimum Gasteiger partial charge on any atom is -0.337 e. The number of hydrogen-bond acceptors (Lipinski definition) is 9. The van der Waals surface area contributed by atoms with Crippen molar-refractivity contribution in [3.8, 4) is 0 Å². The lowest BCUT2D eigenvalue weighted by Gasteiger charge is -2.15. The molecule has 1 aliphatic heterocycles. The highest BCUT2D eigenvalue weighted by Crippen LogP contribution is 2.31. The van der Waals surface area contributed by atoms with E-state index in [4.69, 9.17) is 0 Å². The maximum absolute atomic E-state index is 13.2. The van der Waals surface area contributed by atoms with Gasteiger partial charge in [-0.3, -0.25) is 4.79 Å². The highest BCUT2D eigenvalue weighted by molar-refractivity contribution is 6.02. The number of carbonyl (C=O) groups is 1. The summed E-state index contributed by atoms with van der Waals surface area (Å²) < 4.78 is 17.8. The van der Waals surface area contributed by atoms with E-state index >= 15 is 0 Å². The fourth-order valence-electron chi connectivity index (χ4n) is 2.97. The van der Waals surface area contributed by atoms with E-state index in [9.17, 15) is 9.18 Å². The Bertz CT molecular complexity index is 1210. The molecule has 5 rings (SSSR count). The Hall–Kier alpha value is -4.12. The van der Waals surface area contributed by atoms with E-state index in [0.717, 1.165) is 11.3 Å². The highest BCUT2D eigenvalue weighted by Gasteiger charge is 2.30. The minimum absolute atomic E-state index is 0.190. The van der Waals surface area contributed by atoms with Crippen LogP contribution in [-0.4, -0.2) is 26.2 Å². The third-order valence-corrected chi connectivity index (χ3v) is 4.35. The van der Waals surface area contributed by atoms with E-state index in [-0.39, 0.29) is 28.8 Å². The summed E-state index contributed by atoms with van der Waals surface area (Å²) in [7, 11) is 0. The number of anilines is 4. The highest BCUT2D eigenvalue weighted by atomic mass is 19.1. The van der Waals surface area contributed by atoms with Gasteiger partial charge >= 0.3 is 0 Å². The Morgan fingerprint density at radius 2 is 1.69 bits per heavy atom. The van der Waals surface area contributed by atoms with Crippen LogP contribution in [0.4, 0.5) is 27.4 Å². The molecule has 1 unspecified atom stereocenters. The van der Waals surface area contributed by atoms with Gasteiger partial charge in [0, 0.05) is 16.9 Å². The molecule has 2 aromatic heterocycles. The molecule has 10 nitrogen and oxygen atoms in total. The van der Waals surface area contributed by atoms with Gasteiger partial charge in [-0.15, -0.1) is 0 Å². The smallest absolute Gasteiger partial charge is 0.247 e. The van der Waals surface area contributed by atoms with Crippen molar-refractivity contribution in [2.75, 3.05) is 16.1 Å². The summed E-state index contributed by atoms with van der Waals surface area (Å²) in [6.07, 6.45) is 0. The van der Waals surface area contributed by atoms with Crippen LogP contribution in [0.25, 0.3) is 11.3 Å². The monoisotopic (exact) mass is 392 g/mol. The number of para-hydroxylation sites is 1. The van der Waals surface area contributed by atoms with E-state index in [2.05, 4.69) is 46.4 Å². The molecule has 0 bridgehead atoms. The van der Waals surface area contributed by atoms with Gasteiger partial charge in [-0.25, -0.2) is 19.4 Å². The SMILES string of the molecule is O=C1Nc2ccccc2C1NNc1nc2nonc2nc1Nc1ccc(F)cc1. The van der Waals surface area contributed by atoms with Gasteiger partial charge < -0.3 is 16.1 Å². The van der Waals surface area contributed by atoms with Gasteiger partial charge in [-0.1, -0.05) is 18.2 Å². The second-order valence-corrected chi connectivity index (χ2v) is 6.24. The number of amides is 1. The molecule has 2 aromatic carbocycles. The maximum atomic E-state index is 13.2. The van der Waals surface area contributed by atoms with Crippen LogP contribution in [0, 0.1) is 5.82 Å². The Labute approximate surface area is 162 Å². The van der Waals surface area contributed by atoms with Crippen molar-refractivity contribution in [2.45, 2.75) is 6.04 Å². The second kappa shape index (κ2) is 6.80. The molecule has 3 heterocycles. The first-order valence-electron chi connectivity index (χ1n) is 8.61. The molecular formula is C18H13FN8O2. The quantitative estimate of drug-likeness (QED) is 0.378. The Balaban J connectivity index is 1.44. The van der Waals surface area contributed by atoms with Crippen molar-refractivity contribution in [2.24, 2.45) is 0 Å². The second-order valence-electron chi connectivity index (χ2n) is 6.24. The lowest BCUT2D eigenvalue weighted by atomic mass is 10.1. The summed E-state index contributed by atoms with van der Waals surface area (Å²) >= 11 is 0.